The van der Waals surface area contributed by atoms with Crippen molar-refractivity contribution in [1.82, 2.24) is 9.80 Å². The number of anilines is 1. The molecule has 1 aromatic rings. The average molecular weight is 265 g/mol. The van der Waals surface area contributed by atoms with E-state index in [2.05, 4.69) is 0 Å². The summed E-state index contributed by atoms with van der Waals surface area (Å²) in [5.74, 6) is 0.824. The Morgan fingerprint density at radius 1 is 1.26 bits per heavy atom. The summed E-state index contributed by atoms with van der Waals surface area (Å²) in [5, 5.41) is 0. The van der Waals surface area contributed by atoms with E-state index >= 15 is 0 Å². The number of para-hydroxylation sites is 2. The number of amides is 1. The maximum absolute atomic E-state index is 11.5. The quantitative estimate of drug-likeness (QED) is 0.591. The van der Waals surface area contributed by atoms with Crippen LogP contribution in [0.4, 0.5) is 5.69 Å². The zero-order chi connectivity index (χ0) is 14.3. The van der Waals surface area contributed by atoms with Crippen LogP contribution in [0.3, 0.4) is 0 Å². The van der Waals surface area contributed by atoms with Crippen molar-refractivity contribution in [2.45, 2.75) is 6.42 Å². The second kappa shape index (κ2) is 7.63. The van der Waals surface area contributed by atoms with Crippen LogP contribution >= 0.6 is 0 Å². The number of hydrogen-bond donors (Lipinski definition) is 1. The number of likely N-dealkylation sites (N-methyl/N-ethyl adjacent to an activating group) is 2. The third-order valence-electron chi connectivity index (χ3n) is 2.76. The summed E-state index contributed by atoms with van der Waals surface area (Å²) in [4.78, 5) is 15.1. The standard InChI is InChI=1S/C14H23N3O2/c1-16(2)14(18)11-17(3)9-6-10-19-13-8-5-4-7-12(13)15/h4-5,7-8H,6,9-11,15H2,1-3H3. The van der Waals surface area contributed by atoms with Crippen molar-refractivity contribution in [1.29, 1.82) is 0 Å². The largest absolute Gasteiger partial charge is 0.491 e. The molecule has 1 amide bonds. The van der Waals surface area contributed by atoms with Crippen LogP contribution in [0.25, 0.3) is 0 Å². The average Bonchev–Trinajstić information content (AvgIpc) is 2.36. The molecule has 0 heterocycles. The van der Waals surface area contributed by atoms with Crippen molar-refractivity contribution in [3.8, 4) is 5.75 Å². The van der Waals surface area contributed by atoms with Crippen molar-refractivity contribution in [3.05, 3.63) is 24.3 Å². The minimum Gasteiger partial charge on any atom is -0.491 e. The van der Waals surface area contributed by atoms with Crippen molar-refractivity contribution in [3.63, 3.8) is 0 Å². The van der Waals surface area contributed by atoms with Crippen LogP contribution in [0.15, 0.2) is 24.3 Å². The molecule has 0 radical (unpaired) electrons. The van der Waals surface area contributed by atoms with E-state index in [1.807, 2.05) is 36.2 Å². The van der Waals surface area contributed by atoms with E-state index in [1.54, 1.807) is 19.0 Å². The summed E-state index contributed by atoms with van der Waals surface area (Å²) >= 11 is 0. The maximum Gasteiger partial charge on any atom is 0.236 e. The molecule has 19 heavy (non-hydrogen) atoms. The van der Waals surface area contributed by atoms with Crippen LogP contribution < -0.4 is 10.5 Å². The number of carbonyl (C=O) groups is 1. The Morgan fingerprint density at radius 3 is 2.58 bits per heavy atom. The highest BCUT2D eigenvalue weighted by Crippen LogP contribution is 2.19. The van der Waals surface area contributed by atoms with Gasteiger partial charge >= 0.3 is 0 Å². The van der Waals surface area contributed by atoms with E-state index in [0.29, 0.717) is 18.8 Å². The second-order valence-corrected chi connectivity index (χ2v) is 4.77. The first-order valence-corrected chi connectivity index (χ1v) is 6.36. The normalized spacial score (nSPS) is 10.5. The van der Waals surface area contributed by atoms with Crippen molar-refractivity contribution in [2.75, 3.05) is 46.6 Å². The van der Waals surface area contributed by atoms with Crippen molar-refractivity contribution in [2.24, 2.45) is 0 Å². The van der Waals surface area contributed by atoms with Crippen LogP contribution in [-0.2, 0) is 4.79 Å². The van der Waals surface area contributed by atoms with Gasteiger partial charge in [-0.05, 0) is 25.6 Å². The first-order valence-electron chi connectivity index (χ1n) is 6.36. The lowest BCUT2D eigenvalue weighted by Gasteiger charge is -2.18. The second-order valence-electron chi connectivity index (χ2n) is 4.77. The molecule has 0 aliphatic carbocycles. The first kappa shape index (κ1) is 15.3. The van der Waals surface area contributed by atoms with Gasteiger partial charge in [0.1, 0.15) is 5.75 Å². The molecule has 0 aliphatic rings. The Balaban J connectivity index is 2.21. The van der Waals surface area contributed by atoms with Gasteiger partial charge in [0.25, 0.3) is 0 Å². The van der Waals surface area contributed by atoms with E-state index in [9.17, 15) is 4.79 Å². The predicted molar refractivity (Wildman–Crippen MR) is 77.2 cm³/mol. The highest BCUT2D eigenvalue weighted by molar-refractivity contribution is 5.77. The molecule has 0 saturated heterocycles. The maximum atomic E-state index is 11.5. The predicted octanol–water partition coefficient (Wildman–Crippen LogP) is 1.06. The molecular weight excluding hydrogens is 242 g/mol. The number of ether oxygens (including phenoxy) is 1. The molecule has 2 N–H and O–H groups in total. The van der Waals surface area contributed by atoms with Gasteiger partial charge in [-0.3, -0.25) is 9.69 Å². The van der Waals surface area contributed by atoms with E-state index in [-0.39, 0.29) is 5.91 Å². The van der Waals surface area contributed by atoms with Crippen LogP contribution in [0.2, 0.25) is 0 Å². The summed E-state index contributed by atoms with van der Waals surface area (Å²) in [7, 11) is 5.45. The van der Waals surface area contributed by atoms with Crippen molar-refractivity contribution >= 4 is 11.6 Å². The van der Waals surface area contributed by atoms with E-state index in [1.165, 1.54) is 0 Å². The minimum absolute atomic E-state index is 0.107. The molecule has 1 aromatic carbocycles. The number of nitrogens with two attached hydrogens (primary N) is 1. The molecule has 0 aliphatic heterocycles. The number of nitrogen functional groups attached to an aromatic ring is 1. The summed E-state index contributed by atoms with van der Waals surface area (Å²) in [6, 6.07) is 7.45. The molecule has 0 fully saturated rings. The zero-order valence-electron chi connectivity index (χ0n) is 11.9. The van der Waals surface area contributed by atoms with Gasteiger partial charge in [-0.1, -0.05) is 12.1 Å². The molecule has 0 unspecified atom stereocenters. The molecule has 106 valence electrons. The first-order chi connectivity index (χ1) is 9.00. The van der Waals surface area contributed by atoms with E-state index in [0.717, 1.165) is 18.7 Å². The molecule has 0 spiro atoms. The fraction of sp³-hybridized carbons (Fsp3) is 0.500. The van der Waals surface area contributed by atoms with Gasteiger partial charge in [0.2, 0.25) is 5.91 Å². The lowest BCUT2D eigenvalue weighted by atomic mass is 10.3. The van der Waals surface area contributed by atoms with Gasteiger partial charge in [-0.2, -0.15) is 0 Å². The molecule has 5 heteroatoms. The monoisotopic (exact) mass is 265 g/mol. The molecule has 5 nitrogen and oxygen atoms in total. The van der Waals surface area contributed by atoms with Gasteiger partial charge in [0.15, 0.2) is 0 Å². The van der Waals surface area contributed by atoms with Crippen LogP contribution in [0.1, 0.15) is 6.42 Å². The number of nitrogens with zero attached hydrogens (tertiary/aromatic N) is 2. The van der Waals surface area contributed by atoms with Crippen LogP contribution in [0.5, 0.6) is 5.75 Å². The molecule has 0 saturated carbocycles. The van der Waals surface area contributed by atoms with Crippen LogP contribution in [0, 0.1) is 0 Å². The van der Waals surface area contributed by atoms with Gasteiger partial charge in [-0.15, -0.1) is 0 Å². The molecule has 0 atom stereocenters. The molecular formula is C14H23N3O2. The number of benzene rings is 1. The zero-order valence-corrected chi connectivity index (χ0v) is 11.9. The Kier molecular flexibility index (Phi) is 6.15. The van der Waals surface area contributed by atoms with Gasteiger partial charge in [0, 0.05) is 20.6 Å². The summed E-state index contributed by atoms with van der Waals surface area (Å²) < 4.78 is 5.59. The van der Waals surface area contributed by atoms with E-state index < -0.39 is 0 Å². The van der Waals surface area contributed by atoms with Gasteiger partial charge < -0.3 is 15.4 Å². The molecule has 1 rings (SSSR count). The molecule has 0 bridgehead atoms. The smallest absolute Gasteiger partial charge is 0.236 e. The Morgan fingerprint density at radius 2 is 1.95 bits per heavy atom. The third-order valence-corrected chi connectivity index (χ3v) is 2.76. The number of rotatable bonds is 7. The minimum atomic E-state index is 0.107. The van der Waals surface area contributed by atoms with Gasteiger partial charge in [-0.25, -0.2) is 0 Å². The third kappa shape index (κ3) is 5.61. The lowest BCUT2D eigenvalue weighted by molar-refractivity contribution is -0.129. The Bertz CT molecular complexity index is 407. The van der Waals surface area contributed by atoms with Crippen LogP contribution in [-0.4, -0.2) is 56.5 Å². The topological polar surface area (TPSA) is 58.8 Å². The Labute approximate surface area is 114 Å². The van der Waals surface area contributed by atoms with E-state index in [4.69, 9.17) is 10.5 Å². The summed E-state index contributed by atoms with van der Waals surface area (Å²) in [5.41, 5.74) is 6.43. The fourth-order valence-corrected chi connectivity index (χ4v) is 1.58. The van der Waals surface area contributed by atoms with Crippen molar-refractivity contribution < 1.29 is 9.53 Å². The summed E-state index contributed by atoms with van der Waals surface area (Å²) in [6.07, 6.45) is 0.853. The Hall–Kier alpha value is -1.75. The van der Waals surface area contributed by atoms with Gasteiger partial charge in [0.05, 0.1) is 18.8 Å². The highest BCUT2D eigenvalue weighted by Gasteiger charge is 2.07. The SMILES string of the molecule is CN(CCCOc1ccccc1N)CC(=O)N(C)C. The lowest BCUT2D eigenvalue weighted by Crippen LogP contribution is -2.35. The number of carbonyl (C=O) groups excluding carboxylic acids is 1. The number of hydrogen-bond acceptors (Lipinski definition) is 4. The highest BCUT2D eigenvalue weighted by atomic mass is 16.5. The molecule has 0 aromatic heterocycles. The summed E-state index contributed by atoms with van der Waals surface area (Å²) in [6.45, 7) is 1.83. The fourth-order valence-electron chi connectivity index (χ4n) is 1.58.